The monoisotopic (exact) mass is 536 g/mol. The van der Waals surface area contributed by atoms with E-state index < -0.39 is 10.0 Å². The maximum absolute atomic E-state index is 13.4. The molecule has 0 aliphatic rings. The molecule has 0 heterocycles. The minimum atomic E-state index is -3.89. The summed E-state index contributed by atoms with van der Waals surface area (Å²) < 4.78 is 28.9. The van der Waals surface area contributed by atoms with Gasteiger partial charge >= 0.3 is 0 Å². The molecule has 1 amide bonds. The van der Waals surface area contributed by atoms with Crippen LogP contribution in [-0.2, 0) is 27.9 Å². The molecule has 1 N–H and O–H groups in total. The lowest BCUT2D eigenvalue weighted by molar-refractivity contribution is -0.121. The van der Waals surface area contributed by atoms with Crippen LogP contribution in [0.15, 0.2) is 100 Å². The lowest BCUT2D eigenvalue weighted by atomic mass is 10.0. The molecule has 0 bridgehead atoms. The van der Waals surface area contributed by atoms with Crippen molar-refractivity contribution in [2.24, 2.45) is 0 Å². The molecule has 7 heteroatoms. The van der Waals surface area contributed by atoms with E-state index in [2.05, 4.69) is 21.2 Å². The maximum atomic E-state index is 13.4. The molecule has 0 radical (unpaired) electrons. The first-order chi connectivity index (χ1) is 16.3. The first kappa shape index (κ1) is 24.1. The van der Waals surface area contributed by atoms with E-state index >= 15 is 0 Å². The third kappa shape index (κ3) is 5.73. The number of halogens is 1. The van der Waals surface area contributed by atoms with Crippen molar-refractivity contribution in [1.29, 1.82) is 0 Å². The number of amides is 1. The van der Waals surface area contributed by atoms with Gasteiger partial charge in [0.15, 0.2) is 0 Å². The molecule has 34 heavy (non-hydrogen) atoms. The van der Waals surface area contributed by atoms with Crippen molar-refractivity contribution in [2.75, 3.05) is 6.54 Å². The van der Waals surface area contributed by atoms with Crippen LogP contribution in [0.4, 0.5) is 0 Å². The van der Waals surface area contributed by atoms with Crippen LogP contribution in [0.3, 0.4) is 0 Å². The van der Waals surface area contributed by atoms with Crippen LogP contribution in [0.25, 0.3) is 10.8 Å². The Balaban J connectivity index is 1.55. The first-order valence-electron chi connectivity index (χ1n) is 10.9. The molecule has 4 rings (SSSR count). The summed E-state index contributed by atoms with van der Waals surface area (Å²) >= 11 is 3.34. The second-order valence-electron chi connectivity index (χ2n) is 8.13. The van der Waals surface area contributed by atoms with Gasteiger partial charge in [0, 0.05) is 17.6 Å². The fourth-order valence-electron chi connectivity index (χ4n) is 3.74. The number of carbonyl (C=O) groups excluding carboxylic acids is 1. The van der Waals surface area contributed by atoms with Gasteiger partial charge in [0.1, 0.15) is 0 Å². The van der Waals surface area contributed by atoms with Gasteiger partial charge in [0.05, 0.1) is 11.4 Å². The number of nitrogens with one attached hydrogen (secondary N) is 1. The quantitative estimate of drug-likeness (QED) is 0.327. The van der Waals surface area contributed by atoms with Gasteiger partial charge in [-0.1, -0.05) is 88.2 Å². The van der Waals surface area contributed by atoms with Crippen molar-refractivity contribution < 1.29 is 13.2 Å². The van der Waals surface area contributed by atoms with E-state index in [0.29, 0.717) is 6.54 Å². The summed E-state index contributed by atoms with van der Waals surface area (Å²) in [5.41, 5.74) is 2.87. The molecule has 5 nitrogen and oxygen atoms in total. The second-order valence-corrected chi connectivity index (χ2v) is 11.0. The smallest absolute Gasteiger partial charge is 0.243 e. The topological polar surface area (TPSA) is 66.5 Å². The van der Waals surface area contributed by atoms with Crippen LogP contribution in [0, 0.1) is 6.92 Å². The van der Waals surface area contributed by atoms with Crippen molar-refractivity contribution >= 4 is 42.6 Å². The van der Waals surface area contributed by atoms with Gasteiger partial charge in [0.2, 0.25) is 15.9 Å². The predicted molar refractivity (Wildman–Crippen MR) is 139 cm³/mol. The van der Waals surface area contributed by atoms with Crippen LogP contribution in [0.2, 0.25) is 0 Å². The Bertz CT molecular complexity index is 1400. The molecular weight excluding hydrogens is 512 g/mol. The molecule has 0 aliphatic heterocycles. The normalized spacial score (nSPS) is 11.6. The summed E-state index contributed by atoms with van der Waals surface area (Å²) in [6.07, 6.45) is 0. The van der Waals surface area contributed by atoms with Gasteiger partial charge in [0.25, 0.3) is 0 Å². The van der Waals surface area contributed by atoms with Crippen LogP contribution in [0.5, 0.6) is 0 Å². The van der Waals surface area contributed by atoms with Crippen LogP contribution < -0.4 is 5.32 Å². The van der Waals surface area contributed by atoms with Gasteiger partial charge < -0.3 is 5.32 Å². The van der Waals surface area contributed by atoms with E-state index in [1.54, 1.807) is 12.1 Å². The molecule has 0 aliphatic carbocycles. The maximum Gasteiger partial charge on any atom is 0.243 e. The number of carbonyl (C=O) groups is 1. The van der Waals surface area contributed by atoms with Gasteiger partial charge in [-0.05, 0) is 53.1 Å². The highest BCUT2D eigenvalue weighted by Crippen LogP contribution is 2.22. The largest absolute Gasteiger partial charge is 0.351 e. The third-order valence-corrected chi connectivity index (χ3v) is 7.94. The summed E-state index contributed by atoms with van der Waals surface area (Å²) in [5, 5.41) is 5.05. The zero-order valence-corrected chi connectivity index (χ0v) is 21.1. The van der Waals surface area contributed by atoms with E-state index in [1.165, 1.54) is 16.4 Å². The lowest BCUT2D eigenvalue weighted by Crippen LogP contribution is -2.40. The number of benzene rings is 4. The predicted octanol–water partition coefficient (Wildman–Crippen LogP) is 5.42. The molecule has 0 aromatic heterocycles. The van der Waals surface area contributed by atoms with E-state index in [4.69, 9.17) is 0 Å². The van der Waals surface area contributed by atoms with Crippen molar-refractivity contribution in [2.45, 2.75) is 24.9 Å². The Kier molecular flexibility index (Phi) is 7.46. The van der Waals surface area contributed by atoms with Crippen LogP contribution >= 0.6 is 15.9 Å². The summed E-state index contributed by atoms with van der Waals surface area (Å²) in [6.45, 7) is 2.11. The SMILES string of the molecule is Cc1ccc(CN(CC(=O)NCc2cccc3ccccc23)S(=O)(=O)c2ccc(Br)cc2)cc1. The molecule has 0 saturated carbocycles. The van der Waals surface area contributed by atoms with Gasteiger partial charge in [-0.3, -0.25) is 4.79 Å². The third-order valence-electron chi connectivity index (χ3n) is 5.61. The van der Waals surface area contributed by atoms with Crippen LogP contribution in [-0.4, -0.2) is 25.2 Å². The number of nitrogens with zero attached hydrogens (tertiary/aromatic N) is 1. The molecule has 0 spiro atoms. The number of fused-ring (bicyclic) bond motifs is 1. The number of aryl methyl sites for hydroxylation is 1. The molecule has 0 saturated heterocycles. The summed E-state index contributed by atoms with van der Waals surface area (Å²) in [5.74, 6) is -0.360. The van der Waals surface area contributed by atoms with Gasteiger partial charge in [-0.15, -0.1) is 0 Å². The average molecular weight is 537 g/mol. The Hall–Kier alpha value is -3.00. The zero-order valence-electron chi connectivity index (χ0n) is 18.7. The molecule has 0 atom stereocenters. The molecule has 4 aromatic carbocycles. The molecule has 0 unspecified atom stereocenters. The Morgan fingerprint density at radius 3 is 2.29 bits per heavy atom. The summed E-state index contributed by atoms with van der Waals surface area (Å²) in [6, 6.07) is 28.0. The fourth-order valence-corrected chi connectivity index (χ4v) is 5.38. The van der Waals surface area contributed by atoms with E-state index in [1.807, 2.05) is 73.7 Å². The lowest BCUT2D eigenvalue weighted by Gasteiger charge is -2.22. The minimum Gasteiger partial charge on any atom is -0.351 e. The number of hydrogen-bond donors (Lipinski definition) is 1. The standard InChI is InChI=1S/C27H25BrN2O3S/c1-20-9-11-21(12-10-20)18-30(34(32,33)25-15-13-24(28)14-16-25)19-27(31)29-17-23-7-4-6-22-5-2-3-8-26(22)23/h2-16H,17-19H2,1H3,(H,29,31). The van der Waals surface area contributed by atoms with Crippen molar-refractivity contribution in [3.05, 3.63) is 112 Å². The van der Waals surface area contributed by atoms with Gasteiger partial charge in [-0.2, -0.15) is 4.31 Å². The van der Waals surface area contributed by atoms with Crippen molar-refractivity contribution in [3.63, 3.8) is 0 Å². The molecule has 174 valence electrons. The summed E-state index contributed by atoms with van der Waals surface area (Å²) in [7, 11) is -3.89. The fraction of sp³-hybridized carbons (Fsp3) is 0.148. The number of rotatable bonds is 8. The highest BCUT2D eigenvalue weighted by Gasteiger charge is 2.27. The summed E-state index contributed by atoms with van der Waals surface area (Å²) in [4.78, 5) is 13.1. The Morgan fingerprint density at radius 1 is 0.882 bits per heavy atom. The average Bonchev–Trinajstić information content (AvgIpc) is 2.84. The van der Waals surface area contributed by atoms with Crippen molar-refractivity contribution in [3.8, 4) is 0 Å². The van der Waals surface area contributed by atoms with Crippen molar-refractivity contribution in [1.82, 2.24) is 9.62 Å². The number of sulfonamides is 1. The Morgan fingerprint density at radius 2 is 1.56 bits per heavy atom. The number of hydrogen-bond acceptors (Lipinski definition) is 3. The highest BCUT2D eigenvalue weighted by atomic mass is 79.9. The van der Waals surface area contributed by atoms with Crippen LogP contribution in [0.1, 0.15) is 16.7 Å². The molecule has 0 fully saturated rings. The second kappa shape index (κ2) is 10.5. The van der Waals surface area contributed by atoms with E-state index in [-0.39, 0.29) is 23.9 Å². The minimum absolute atomic E-state index is 0.0976. The highest BCUT2D eigenvalue weighted by molar-refractivity contribution is 9.10. The molecular formula is C27H25BrN2O3S. The first-order valence-corrected chi connectivity index (χ1v) is 13.1. The molecule has 4 aromatic rings. The Labute approximate surface area is 208 Å². The van der Waals surface area contributed by atoms with Gasteiger partial charge in [-0.25, -0.2) is 8.42 Å². The van der Waals surface area contributed by atoms with E-state index in [0.717, 1.165) is 31.9 Å². The zero-order chi connectivity index (χ0) is 24.1. The van der Waals surface area contributed by atoms with E-state index in [9.17, 15) is 13.2 Å².